The van der Waals surface area contributed by atoms with E-state index >= 15 is 0 Å². The second-order valence-electron chi connectivity index (χ2n) is 10.3. The van der Waals surface area contributed by atoms with Crippen LogP contribution >= 0.6 is 0 Å². The van der Waals surface area contributed by atoms with E-state index in [1.165, 1.54) is 12.1 Å². The van der Waals surface area contributed by atoms with Gasteiger partial charge in [-0.15, -0.1) is 0 Å². The number of ether oxygens (including phenoxy) is 2. The van der Waals surface area contributed by atoms with Crippen LogP contribution in [0, 0.1) is 5.92 Å². The molecule has 0 saturated heterocycles. The normalized spacial score (nSPS) is 18.4. The van der Waals surface area contributed by atoms with Crippen LogP contribution in [-0.2, 0) is 16.6 Å². The molecule has 1 heterocycles. The molecule has 2 N–H and O–H groups in total. The fraction of sp³-hybridized carbons (Fsp3) is 0.367. The average Bonchev–Trinajstić information content (AvgIpc) is 2.95. The molecule has 1 aliphatic rings. The Hall–Kier alpha value is -3.60. The largest absolute Gasteiger partial charge is 0.497 e. The van der Waals surface area contributed by atoms with E-state index in [0.717, 1.165) is 11.3 Å². The molecule has 10 heteroatoms. The molecule has 214 valence electrons. The number of benzene rings is 3. The number of aliphatic hydroxyl groups excluding tert-OH is 1. The molecule has 9 nitrogen and oxygen atoms in total. The van der Waals surface area contributed by atoms with Gasteiger partial charge in [0.2, 0.25) is 0 Å². The van der Waals surface area contributed by atoms with Gasteiger partial charge in [0.25, 0.3) is 15.9 Å². The summed E-state index contributed by atoms with van der Waals surface area (Å²) in [5.41, 5.74) is 1.52. The standard InChI is InChI=1S/C30H37N3O6S/c1-21-17-33(22(2)20-34)30(35)26-11-8-12-27(31-40(36,37)25-9-6-5-7-10-25)29(26)39-28(21)19-32(3)18-23-13-15-24(38-4)16-14-23/h5-16,21-22,28,31,34H,17-20H2,1-4H3/t21-,22+,28+/m1/s1. The number of nitrogens with zero attached hydrogens (tertiary/aromatic N) is 2. The maximum Gasteiger partial charge on any atom is 0.262 e. The first-order valence-corrected chi connectivity index (χ1v) is 14.7. The number of amides is 1. The highest BCUT2D eigenvalue weighted by Crippen LogP contribution is 2.36. The lowest BCUT2D eigenvalue weighted by Gasteiger charge is -2.38. The van der Waals surface area contributed by atoms with Crippen LogP contribution in [0.2, 0.25) is 0 Å². The number of anilines is 1. The third kappa shape index (κ3) is 6.75. The first-order chi connectivity index (χ1) is 19.1. The van der Waals surface area contributed by atoms with Gasteiger partial charge in [0.05, 0.1) is 35.9 Å². The summed E-state index contributed by atoms with van der Waals surface area (Å²) in [5.74, 6) is 0.516. The zero-order valence-corrected chi connectivity index (χ0v) is 24.1. The van der Waals surface area contributed by atoms with Gasteiger partial charge in [0.1, 0.15) is 11.9 Å². The number of nitrogens with one attached hydrogen (secondary N) is 1. The Morgan fingerprint density at radius 1 is 1.10 bits per heavy atom. The quantitative estimate of drug-likeness (QED) is 0.383. The maximum absolute atomic E-state index is 13.7. The average molecular weight is 568 g/mol. The van der Waals surface area contributed by atoms with Gasteiger partial charge < -0.3 is 19.5 Å². The molecule has 0 saturated carbocycles. The molecular weight excluding hydrogens is 530 g/mol. The van der Waals surface area contributed by atoms with Crippen LogP contribution < -0.4 is 14.2 Å². The first-order valence-electron chi connectivity index (χ1n) is 13.2. The van der Waals surface area contributed by atoms with E-state index in [2.05, 4.69) is 9.62 Å². The Bertz CT molecular complexity index is 1400. The minimum Gasteiger partial charge on any atom is -0.497 e. The highest BCUT2D eigenvalue weighted by molar-refractivity contribution is 7.92. The molecule has 0 aromatic heterocycles. The minimum absolute atomic E-state index is 0.101. The van der Waals surface area contributed by atoms with Gasteiger partial charge in [-0.25, -0.2) is 8.42 Å². The van der Waals surface area contributed by atoms with Crippen LogP contribution in [0.25, 0.3) is 0 Å². The minimum atomic E-state index is -3.94. The summed E-state index contributed by atoms with van der Waals surface area (Å²) in [6, 6.07) is 20.3. The highest BCUT2D eigenvalue weighted by atomic mass is 32.2. The van der Waals surface area contributed by atoms with E-state index in [4.69, 9.17) is 9.47 Å². The molecular formula is C30H37N3O6S. The fourth-order valence-corrected chi connectivity index (χ4v) is 5.84. The van der Waals surface area contributed by atoms with Crippen LogP contribution in [0.4, 0.5) is 5.69 Å². The molecule has 3 aromatic rings. The van der Waals surface area contributed by atoms with Crippen LogP contribution in [0.3, 0.4) is 0 Å². The zero-order valence-electron chi connectivity index (χ0n) is 23.3. The van der Waals surface area contributed by atoms with E-state index in [-0.39, 0.29) is 46.4 Å². The number of hydrogen-bond donors (Lipinski definition) is 2. The van der Waals surface area contributed by atoms with E-state index in [1.807, 2.05) is 38.2 Å². The number of para-hydroxylation sites is 1. The SMILES string of the molecule is COc1ccc(CN(C)C[C@@H]2Oc3c(NS(=O)(=O)c4ccccc4)cccc3C(=O)N([C@@H](C)CO)C[C@H]2C)cc1. The lowest BCUT2D eigenvalue weighted by atomic mass is 9.99. The second kappa shape index (κ2) is 12.7. The molecule has 0 spiro atoms. The molecule has 0 aliphatic carbocycles. The first kappa shape index (κ1) is 29.4. The summed E-state index contributed by atoms with van der Waals surface area (Å²) in [5, 5.41) is 9.91. The van der Waals surface area contributed by atoms with Crippen molar-refractivity contribution in [3.05, 3.63) is 83.9 Å². The maximum atomic E-state index is 13.7. The number of carbonyl (C=O) groups excluding carboxylic acids is 1. The van der Waals surface area contributed by atoms with Gasteiger partial charge in [-0.1, -0.05) is 43.3 Å². The monoisotopic (exact) mass is 567 g/mol. The lowest BCUT2D eigenvalue weighted by Crippen LogP contribution is -2.49. The predicted molar refractivity (Wildman–Crippen MR) is 154 cm³/mol. The summed E-state index contributed by atoms with van der Waals surface area (Å²) in [4.78, 5) is 17.5. The number of rotatable bonds is 10. The number of hydrogen-bond acceptors (Lipinski definition) is 7. The van der Waals surface area contributed by atoms with Crippen molar-refractivity contribution < 1.29 is 27.8 Å². The van der Waals surface area contributed by atoms with Crippen molar-refractivity contribution >= 4 is 21.6 Å². The molecule has 0 unspecified atom stereocenters. The van der Waals surface area contributed by atoms with Crippen LogP contribution in [0.5, 0.6) is 11.5 Å². The molecule has 0 fully saturated rings. The summed E-state index contributed by atoms with van der Waals surface area (Å²) < 4.78 is 40.8. The van der Waals surface area contributed by atoms with E-state index < -0.39 is 16.1 Å². The van der Waals surface area contributed by atoms with Gasteiger partial charge >= 0.3 is 0 Å². The van der Waals surface area contributed by atoms with Crippen molar-refractivity contribution in [1.82, 2.24) is 9.80 Å². The summed E-state index contributed by atoms with van der Waals surface area (Å²) in [7, 11) is -0.315. The highest BCUT2D eigenvalue weighted by Gasteiger charge is 2.35. The third-order valence-electron chi connectivity index (χ3n) is 7.09. The summed E-state index contributed by atoms with van der Waals surface area (Å²) in [6.45, 7) is 5.14. The molecule has 3 atom stereocenters. The topological polar surface area (TPSA) is 108 Å². The Balaban J connectivity index is 1.68. The van der Waals surface area contributed by atoms with Crippen LogP contribution in [0.15, 0.2) is 77.7 Å². The Morgan fingerprint density at radius 2 is 1.80 bits per heavy atom. The number of fused-ring (bicyclic) bond motifs is 1. The number of sulfonamides is 1. The molecule has 3 aromatic carbocycles. The summed E-state index contributed by atoms with van der Waals surface area (Å²) >= 11 is 0. The predicted octanol–water partition coefficient (Wildman–Crippen LogP) is 3.85. The van der Waals surface area contributed by atoms with E-state index in [1.54, 1.807) is 55.3 Å². The van der Waals surface area contributed by atoms with Gasteiger partial charge in [-0.2, -0.15) is 0 Å². The van der Waals surface area contributed by atoms with Gasteiger partial charge in [0.15, 0.2) is 5.75 Å². The second-order valence-corrected chi connectivity index (χ2v) is 12.0. The smallest absolute Gasteiger partial charge is 0.262 e. The number of methoxy groups -OCH3 is 1. The Morgan fingerprint density at radius 3 is 2.45 bits per heavy atom. The lowest BCUT2D eigenvalue weighted by molar-refractivity contribution is 0.0344. The number of carbonyl (C=O) groups is 1. The van der Waals surface area contributed by atoms with Gasteiger partial charge in [-0.05, 0) is 55.9 Å². The van der Waals surface area contributed by atoms with E-state index in [0.29, 0.717) is 19.6 Å². The van der Waals surface area contributed by atoms with Crippen molar-refractivity contribution in [2.45, 2.75) is 37.4 Å². The van der Waals surface area contributed by atoms with Crippen molar-refractivity contribution in [2.24, 2.45) is 5.92 Å². The Kier molecular flexibility index (Phi) is 9.34. The summed E-state index contributed by atoms with van der Waals surface area (Å²) in [6.07, 6.45) is -0.383. The number of likely N-dealkylation sites (N-methyl/N-ethyl adjacent to an activating group) is 1. The third-order valence-corrected chi connectivity index (χ3v) is 8.47. The zero-order chi connectivity index (χ0) is 28.9. The van der Waals surface area contributed by atoms with Crippen LogP contribution in [0.1, 0.15) is 29.8 Å². The Labute approximate surface area is 236 Å². The van der Waals surface area contributed by atoms with E-state index in [9.17, 15) is 18.3 Å². The molecule has 40 heavy (non-hydrogen) atoms. The molecule has 0 bridgehead atoms. The number of aliphatic hydroxyl groups is 1. The van der Waals surface area contributed by atoms with Crippen molar-refractivity contribution in [1.29, 1.82) is 0 Å². The van der Waals surface area contributed by atoms with Crippen LogP contribution in [-0.4, -0.2) is 75.2 Å². The molecule has 4 rings (SSSR count). The molecule has 1 aliphatic heterocycles. The van der Waals surface area contributed by atoms with Crippen molar-refractivity contribution in [3.8, 4) is 11.5 Å². The van der Waals surface area contributed by atoms with Crippen molar-refractivity contribution in [2.75, 3.05) is 38.6 Å². The molecule has 1 amide bonds. The molecule has 0 radical (unpaired) electrons. The van der Waals surface area contributed by atoms with Gasteiger partial charge in [0, 0.05) is 25.6 Å². The van der Waals surface area contributed by atoms with Crippen molar-refractivity contribution in [3.63, 3.8) is 0 Å². The van der Waals surface area contributed by atoms with Gasteiger partial charge in [-0.3, -0.25) is 14.4 Å². The fourth-order valence-electron chi connectivity index (χ4n) is 4.76.